The second-order valence-electron chi connectivity index (χ2n) is 2.34. The molecule has 2 rings (SSSR count). The molecule has 1 unspecified atom stereocenters. The van der Waals surface area contributed by atoms with Crippen LogP contribution in [0.2, 0.25) is 0 Å². The van der Waals surface area contributed by atoms with E-state index in [9.17, 15) is 0 Å². The van der Waals surface area contributed by atoms with Gasteiger partial charge in [0.2, 0.25) is 0 Å². The first-order valence-electron chi connectivity index (χ1n) is 3.22. The standard InChI is InChI=1S/C7H8O2Se/c1-5-2-8-6-3-10-4-7(6)9-5/h3-5H,2H2,1H3. The van der Waals surface area contributed by atoms with E-state index in [1.54, 1.807) is 0 Å². The summed E-state index contributed by atoms with van der Waals surface area (Å²) in [5, 5.41) is 0. The predicted molar refractivity (Wildman–Crippen MR) is 39.0 cm³/mol. The van der Waals surface area contributed by atoms with Crippen LogP contribution in [-0.4, -0.2) is 27.2 Å². The first-order valence-corrected chi connectivity index (χ1v) is 5.20. The van der Waals surface area contributed by atoms with E-state index < -0.39 is 0 Å². The van der Waals surface area contributed by atoms with Gasteiger partial charge in [-0.1, -0.05) is 0 Å². The van der Waals surface area contributed by atoms with Crippen molar-refractivity contribution in [1.82, 2.24) is 0 Å². The van der Waals surface area contributed by atoms with Crippen molar-refractivity contribution in [2.45, 2.75) is 13.0 Å². The van der Waals surface area contributed by atoms with Crippen molar-refractivity contribution in [2.75, 3.05) is 6.61 Å². The zero-order valence-electron chi connectivity index (χ0n) is 5.66. The average molecular weight is 203 g/mol. The molecular formula is C7H8O2Se. The van der Waals surface area contributed by atoms with Crippen molar-refractivity contribution < 1.29 is 9.47 Å². The Hall–Kier alpha value is -0.401. The molecule has 10 heavy (non-hydrogen) atoms. The monoisotopic (exact) mass is 204 g/mol. The SMILES string of the molecule is CC1COc2c[se]cc2O1. The Balaban J connectivity index is 2.30. The molecule has 1 aliphatic heterocycles. The number of rotatable bonds is 0. The van der Waals surface area contributed by atoms with Crippen molar-refractivity contribution in [3.8, 4) is 11.5 Å². The summed E-state index contributed by atoms with van der Waals surface area (Å²) in [5.74, 6) is 1.91. The number of hydrogen-bond acceptors (Lipinski definition) is 2. The Morgan fingerprint density at radius 2 is 2.30 bits per heavy atom. The Bertz CT molecular complexity index is 231. The van der Waals surface area contributed by atoms with Crippen LogP contribution >= 0.6 is 0 Å². The molecule has 2 nitrogen and oxygen atoms in total. The summed E-state index contributed by atoms with van der Waals surface area (Å²) in [4.78, 5) is 4.21. The third-order valence-electron chi connectivity index (χ3n) is 1.39. The first-order chi connectivity index (χ1) is 4.86. The van der Waals surface area contributed by atoms with Crippen LogP contribution in [0, 0.1) is 0 Å². The molecule has 0 saturated heterocycles. The van der Waals surface area contributed by atoms with E-state index in [2.05, 4.69) is 9.88 Å². The third-order valence-corrected chi connectivity index (χ3v) is 2.86. The Morgan fingerprint density at radius 3 is 3.20 bits per heavy atom. The number of fused-ring (bicyclic) bond motifs is 1. The van der Waals surface area contributed by atoms with E-state index in [1.807, 2.05) is 6.92 Å². The van der Waals surface area contributed by atoms with Crippen LogP contribution in [0.3, 0.4) is 0 Å². The predicted octanol–water partition coefficient (Wildman–Crippen LogP) is 0.903. The summed E-state index contributed by atoms with van der Waals surface area (Å²) < 4.78 is 10.9. The van der Waals surface area contributed by atoms with E-state index >= 15 is 0 Å². The van der Waals surface area contributed by atoms with Crippen LogP contribution in [0.25, 0.3) is 0 Å². The second-order valence-corrected chi connectivity index (χ2v) is 3.90. The van der Waals surface area contributed by atoms with E-state index in [-0.39, 0.29) is 6.10 Å². The molecule has 0 saturated carbocycles. The molecule has 0 aromatic carbocycles. The molecule has 1 atom stereocenters. The van der Waals surface area contributed by atoms with Gasteiger partial charge in [0.1, 0.15) is 0 Å². The number of hydrogen-bond donors (Lipinski definition) is 0. The van der Waals surface area contributed by atoms with Gasteiger partial charge in [-0.2, -0.15) is 0 Å². The van der Waals surface area contributed by atoms with Crippen LogP contribution in [-0.2, 0) is 0 Å². The van der Waals surface area contributed by atoms with E-state index in [0.717, 1.165) is 11.5 Å². The van der Waals surface area contributed by atoms with Crippen LogP contribution < -0.4 is 9.47 Å². The number of ether oxygens (including phenoxy) is 2. The maximum atomic E-state index is 5.49. The van der Waals surface area contributed by atoms with Crippen molar-refractivity contribution in [3.63, 3.8) is 0 Å². The molecule has 3 heteroatoms. The molecule has 54 valence electrons. The molecular weight excluding hydrogens is 195 g/mol. The van der Waals surface area contributed by atoms with E-state index in [0.29, 0.717) is 21.1 Å². The minimum absolute atomic E-state index is 0.220. The first kappa shape index (κ1) is 6.32. The van der Waals surface area contributed by atoms with Gasteiger partial charge in [-0.25, -0.2) is 0 Å². The molecule has 1 aromatic rings. The summed E-state index contributed by atoms with van der Waals surface area (Å²) in [7, 11) is 0. The van der Waals surface area contributed by atoms with Crippen molar-refractivity contribution >= 4 is 14.5 Å². The topological polar surface area (TPSA) is 18.5 Å². The second kappa shape index (κ2) is 2.33. The van der Waals surface area contributed by atoms with Crippen LogP contribution in [0.15, 0.2) is 9.88 Å². The quantitative estimate of drug-likeness (QED) is 0.583. The average Bonchev–Trinajstić information content (AvgIpc) is 2.33. The molecule has 0 amide bonds. The Kier molecular flexibility index (Phi) is 1.47. The third kappa shape index (κ3) is 0.957. The van der Waals surface area contributed by atoms with Gasteiger partial charge in [-0.15, -0.1) is 0 Å². The molecule has 0 bridgehead atoms. The normalized spacial score (nSPS) is 22.7. The van der Waals surface area contributed by atoms with Crippen LogP contribution in [0.4, 0.5) is 0 Å². The molecule has 0 spiro atoms. The van der Waals surface area contributed by atoms with Gasteiger partial charge in [0.15, 0.2) is 0 Å². The van der Waals surface area contributed by atoms with Gasteiger partial charge < -0.3 is 0 Å². The molecule has 0 N–H and O–H groups in total. The molecule has 0 radical (unpaired) electrons. The van der Waals surface area contributed by atoms with Gasteiger partial charge in [-0.3, -0.25) is 0 Å². The molecule has 0 aliphatic carbocycles. The summed E-state index contributed by atoms with van der Waals surface area (Å²) in [6.45, 7) is 2.71. The van der Waals surface area contributed by atoms with Gasteiger partial charge in [-0.05, 0) is 0 Å². The summed E-state index contributed by atoms with van der Waals surface area (Å²) >= 11 is 0.467. The van der Waals surface area contributed by atoms with Gasteiger partial charge in [0.25, 0.3) is 0 Å². The summed E-state index contributed by atoms with van der Waals surface area (Å²) in [5.41, 5.74) is 0. The fourth-order valence-electron chi connectivity index (χ4n) is 0.923. The fraction of sp³-hybridized carbons (Fsp3) is 0.429. The van der Waals surface area contributed by atoms with Crippen molar-refractivity contribution in [1.29, 1.82) is 0 Å². The Labute approximate surface area is 65.5 Å². The summed E-state index contributed by atoms with van der Waals surface area (Å²) in [6.07, 6.45) is 0.220. The van der Waals surface area contributed by atoms with Gasteiger partial charge >= 0.3 is 65.0 Å². The van der Waals surface area contributed by atoms with Gasteiger partial charge in [0.05, 0.1) is 0 Å². The molecule has 0 fully saturated rings. The molecule has 2 heterocycles. The minimum atomic E-state index is 0.220. The van der Waals surface area contributed by atoms with Crippen molar-refractivity contribution in [2.24, 2.45) is 0 Å². The molecule has 1 aromatic heterocycles. The van der Waals surface area contributed by atoms with Crippen LogP contribution in [0.5, 0.6) is 11.5 Å². The summed E-state index contributed by atoms with van der Waals surface area (Å²) in [6, 6.07) is 0. The Morgan fingerprint density at radius 1 is 1.50 bits per heavy atom. The fourth-order valence-corrected chi connectivity index (χ4v) is 2.33. The van der Waals surface area contributed by atoms with Crippen molar-refractivity contribution in [3.05, 3.63) is 9.88 Å². The van der Waals surface area contributed by atoms with E-state index in [4.69, 9.17) is 9.47 Å². The zero-order valence-corrected chi connectivity index (χ0v) is 7.38. The van der Waals surface area contributed by atoms with E-state index in [1.165, 1.54) is 0 Å². The molecule has 1 aliphatic rings. The zero-order chi connectivity index (χ0) is 6.97. The maximum absolute atomic E-state index is 5.49. The van der Waals surface area contributed by atoms with Gasteiger partial charge in [0, 0.05) is 0 Å². The van der Waals surface area contributed by atoms with Crippen LogP contribution in [0.1, 0.15) is 6.92 Å².